The van der Waals surface area contributed by atoms with Crippen molar-refractivity contribution in [2.75, 3.05) is 0 Å². The van der Waals surface area contributed by atoms with E-state index in [0.717, 1.165) is 6.42 Å². The molecule has 2 aliphatic rings. The molecule has 0 saturated heterocycles. The van der Waals surface area contributed by atoms with Gasteiger partial charge in [-0.25, -0.2) is 0 Å². The number of ether oxygens (including phenoxy) is 2. The van der Waals surface area contributed by atoms with E-state index in [2.05, 4.69) is 0 Å². The van der Waals surface area contributed by atoms with Crippen molar-refractivity contribution in [2.45, 2.75) is 32.5 Å². The minimum Gasteiger partial charge on any atom is -0.458 e. The number of esters is 2. The van der Waals surface area contributed by atoms with E-state index in [0.29, 0.717) is 0 Å². The third kappa shape index (κ3) is 1.89. The van der Waals surface area contributed by atoms with E-state index in [1.54, 1.807) is 0 Å². The topological polar surface area (TPSA) is 52.6 Å². The first-order valence-electron chi connectivity index (χ1n) is 5.10. The Morgan fingerprint density at radius 1 is 1.00 bits per heavy atom. The second-order valence-corrected chi connectivity index (χ2v) is 4.10. The molecule has 2 bridgehead atoms. The van der Waals surface area contributed by atoms with Gasteiger partial charge >= 0.3 is 11.9 Å². The maximum absolute atomic E-state index is 10.9. The molecule has 82 valence electrons. The maximum atomic E-state index is 10.9. The standard InChI is InChI=1S/C11H14O4/c1-6(12)14-10-8-3-4-9(5-8)11(10)15-7(2)13/h3-4,8-11H,5H2,1-2H3/t8-,9+,10-,11-/m0/s1. The monoisotopic (exact) mass is 210 g/mol. The predicted octanol–water partition coefficient (Wildman–Crippen LogP) is 1.06. The number of rotatable bonds is 2. The van der Waals surface area contributed by atoms with Gasteiger partial charge in [0, 0.05) is 25.7 Å². The van der Waals surface area contributed by atoms with E-state index in [-0.39, 0.29) is 36.0 Å². The maximum Gasteiger partial charge on any atom is 0.303 e. The summed E-state index contributed by atoms with van der Waals surface area (Å²) in [6.45, 7) is 2.75. The highest BCUT2D eigenvalue weighted by Gasteiger charge is 2.48. The average molecular weight is 210 g/mol. The van der Waals surface area contributed by atoms with Gasteiger partial charge in [0.15, 0.2) is 0 Å². The molecule has 4 atom stereocenters. The Kier molecular flexibility index (Phi) is 2.50. The summed E-state index contributed by atoms with van der Waals surface area (Å²) in [5, 5.41) is 0. The van der Waals surface area contributed by atoms with Crippen LogP contribution in [0.4, 0.5) is 0 Å². The van der Waals surface area contributed by atoms with Crippen LogP contribution in [0.15, 0.2) is 12.2 Å². The molecule has 0 heterocycles. The van der Waals surface area contributed by atoms with Crippen LogP contribution in [-0.2, 0) is 19.1 Å². The van der Waals surface area contributed by atoms with Gasteiger partial charge in [0.25, 0.3) is 0 Å². The number of hydrogen-bond donors (Lipinski definition) is 0. The molecule has 0 radical (unpaired) electrons. The molecule has 0 amide bonds. The van der Waals surface area contributed by atoms with Crippen molar-refractivity contribution in [3.63, 3.8) is 0 Å². The fourth-order valence-electron chi connectivity index (χ4n) is 2.42. The molecule has 1 saturated carbocycles. The van der Waals surface area contributed by atoms with Crippen molar-refractivity contribution in [2.24, 2.45) is 11.8 Å². The lowest BCUT2D eigenvalue weighted by molar-refractivity contribution is -0.166. The molecule has 1 fully saturated rings. The molecule has 0 aromatic heterocycles. The Morgan fingerprint density at radius 3 is 1.73 bits per heavy atom. The number of carbonyl (C=O) groups is 2. The van der Waals surface area contributed by atoms with Crippen LogP contribution in [0, 0.1) is 11.8 Å². The molecule has 0 aromatic rings. The van der Waals surface area contributed by atoms with Crippen molar-refractivity contribution in [1.82, 2.24) is 0 Å². The van der Waals surface area contributed by atoms with Crippen LogP contribution in [0.25, 0.3) is 0 Å². The molecule has 0 unspecified atom stereocenters. The Morgan fingerprint density at radius 2 is 1.40 bits per heavy atom. The third-order valence-electron chi connectivity index (χ3n) is 2.92. The molecule has 2 rings (SSSR count). The van der Waals surface area contributed by atoms with Crippen LogP contribution in [0.5, 0.6) is 0 Å². The summed E-state index contributed by atoms with van der Waals surface area (Å²) in [6.07, 6.45) is 4.41. The molecule has 4 nitrogen and oxygen atoms in total. The highest BCUT2D eigenvalue weighted by atomic mass is 16.6. The summed E-state index contributed by atoms with van der Waals surface area (Å²) >= 11 is 0. The molecule has 0 aliphatic heterocycles. The summed E-state index contributed by atoms with van der Waals surface area (Å²) in [7, 11) is 0. The SMILES string of the molecule is CC(=O)O[C@@H]1[C@@H](OC(C)=O)[C@H]2C=C[C@@H]1C2. The first-order chi connectivity index (χ1) is 7.08. The number of fused-ring (bicyclic) bond motifs is 2. The van der Waals surface area contributed by atoms with Crippen molar-refractivity contribution >= 4 is 11.9 Å². The van der Waals surface area contributed by atoms with Crippen LogP contribution in [0.2, 0.25) is 0 Å². The van der Waals surface area contributed by atoms with Gasteiger partial charge in [0.1, 0.15) is 12.2 Å². The van der Waals surface area contributed by atoms with Gasteiger partial charge < -0.3 is 9.47 Å². The van der Waals surface area contributed by atoms with E-state index in [4.69, 9.17) is 9.47 Å². The third-order valence-corrected chi connectivity index (χ3v) is 2.92. The Labute approximate surface area is 88.2 Å². The Hall–Kier alpha value is -1.32. The molecule has 2 aliphatic carbocycles. The first kappa shape index (κ1) is 10.2. The van der Waals surface area contributed by atoms with E-state index >= 15 is 0 Å². The van der Waals surface area contributed by atoms with Crippen molar-refractivity contribution in [3.8, 4) is 0 Å². The van der Waals surface area contributed by atoms with Gasteiger partial charge in [0.2, 0.25) is 0 Å². The lowest BCUT2D eigenvalue weighted by atomic mass is 10.0. The molecular formula is C11H14O4. The zero-order chi connectivity index (χ0) is 11.0. The number of hydrogen-bond acceptors (Lipinski definition) is 4. The van der Waals surface area contributed by atoms with Gasteiger partial charge in [-0.05, 0) is 6.42 Å². The van der Waals surface area contributed by atoms with Gasteiger partial charge in [-0.2, -0.15) is 0 Å². The minimum atomic E-state index is -0.321. The molecule has 0 N–H and O–H groups in total. The normalized spacial score (nSPS) is 36.7. The average Bonchev–Trinajstić information content (AvgIpc) is 2.67. The minimum absolute atomic E-state index is 0.211. The summed E-state index contributed by atoms with van der Waals surface area (Å²) < 4.78 is 10.4. The quantitative estimate of drug-likeness (QED) is 0.505. The fourth-order valence-corrected chi connectivity index (χ4v) is 2.42. The zero-order valence-electron chi connectivity index (χ0n) is 8.80. The summed E-state index contributed by atoms with van der Waals surface area (Å²) in [5.41, 5.74) is 0. The van der Waals surface area contributed by atoms with Crippen LogP contribution in [0.3, 0.4) is 0 Å². The van der Waals surface area contributed by atoms with E-state index in [1.807, 2.05) is 12.2 Å². The summed E-state index contributed by atoms with van der Waals surface area (Å²) in [6, 6.07) is 0. The van der Waals surface area contributed by atoms with E-state index < -0.39 is 0 Å². The van der Waals surface area contributed by atoms with E-state index in [9.17, 15) is 9.59 Å². The van der Waals surface area contributed by atoms with Gasteiger partial charge in [-0.15, -0.1) is 0 Å². The Bertz CT molecular complexity index is 291. The molecule has 15 heavy (non-hydrogen) atoms. The largest absolute Gasteiger partial charge is 0.458 e. The molecule has 0 spiro atoms. The second kappa shape index (κ2) is 3.68. The Balaban J connectivity index is 2.09. The van der Waals surface area contributed by atoms with Crippen molar-refractivity contribution in [1.29, 1.82) is 0 Å². The van der Waals surface area contributed by atoms with Crippen molar-refractivity contribution in [3.05, 3.63) is 12.2 Å². The van der Waals surface area contributed by atoms with E-state index in [1.165, 1.54) is 13.8 Å². The molecule has 4 heteroatoms. The van der Waals surface area contributed by atoms with Crippen LogP contribution < -0.4 is 0 Å². The van der Waals surface area contributed by atoms with Crippen molar-refractivity contribution < 1.29 is 19.1 Å². The van der Waals surface area contributed by atoms with Crippen LogP contribution >= 0.6 is 0 Å². The van der Waals surface area contributed by atoms with Gasteiger partial charge in [0.05, 0.1) is 0 Å². The van der Waals surface area contributed by atoms with Gasteiger partial charge in [-0.1, -0.05) is 12.2 Å². The molecular weight excluding hydrogens is 196 g/mol. The lowest BCUT2D eigenvalue weighted by Gasteiger charge is -2.26. The number of carbonyl (C=O) groups excluding carboxylic acids is 2. The zero-order valence-corrected chi connectivity index (χ0v) is 8.80. The van der Waals surface area contributed by atoms with Gasteiger partial charge in [-0.3, -0.25) is 9.59 Å². The summed E-state index contributed by atoms with van der Waals surface area (Å²) in [5.74, 6) is -0.220. The lowest BCUT2D eigenvalue weighted by Crippen LogP contribution is -2.37. The smallest absolute Gasteiger partial charge is 0.303 e. The highest BCUT2D eigenvalue weighted by molar-refractivity contribution is 5.67. The summed E-state index contributed by atoms with van der Waals surface area (Å²) in [4.78, 5) is 21.8. The highest BCUT2D eigenvalue weighted by Crippen LogP contribution is 2.42. The predicted molar refractivity (Wildman–Crippen MR) is 51.8 cm³/mol. The van der Waals surface area contributed by atoms with Crippen LogP contribution in [-0.4, -0.2) is 24.1 Å². The van der Waals surface area contributed by atoms with Crippen LogP contribution in [0.1, 0.15) is 20.3 Å². The first-order valence-corrected chi connectivity index (χ1v) is 5.10. The molecule has 0 aromatic carbocycles. The fraction of sp³-hybridized carbons (Fsp3) is 0.636. The second-order valence-electron chi connectivity index (χ2n) is 4.10.